The Morgan fingerprint density at radius 1 is 1.12 bits per heavy atom. The van der Waals surface area contributed by atoms with Crippen molar-refractivity contribution in [2.75, 3.05) is 5.32 Å². The van der Waals surface area contributed by atoms with Gasteiger partial charge in [0.05, 0.1) is 26.8 Å². The lowest BCUT2D eigenvalue weighted by molar-refractivity contribution is -0.117. The van der Waals surface area contributed by atoms with Crippen LogP contribution in [0.15, 0.2) is 47.3 Å². The van der Waals surface area contributed by atoms with Crippen LogP contribution in [0.5, 0.6) is 0 Å². The summed E-state index contributed by atoms with van der Waals surface area (Å²) >= 11 is 12.0. The van der Waals surface area contributed by atoms with Crippen LogP contribution in [0, 0.1) is 6.92 Å². The Balaban J connectivity index is 1.90. The molecular formula is C17H13Cl2N3O2. The quantitative estimate of drug-likeness (QED) is 0.774. The number of fused-ring (bicyclic) bond motifs is 1. The molecule has 0 spiro atoms. The lowest BCUT2D eigenvalue weighted by atomic mass is 10.1. The number of hydrogen-bond acceptors (Lipinski definition) is 3. The van der Waals surface area contributed by atoms with Gasteiger partial charge in [0.25, 0.3) is 5.56 Å². The standard InChI is InChI=1S/C17H13Cl2N3O2/c1-10-11-5-2-3-6-12(11)17(24)22(21-10)9-15(23)20-14-8-4-7-13(18)16(14)19/h2-8H,9H2,1H3,(H,20,23). The van der Waals surface area contributed by atoms with Gasteiger partial charge < -0.3 is 5.32 Å². The summed E-state index contributed by atoms with van der Waals surface area (Å²) in [4.78, 5) is 24.7. The van der Waals surface area contributed by atoms with Crippen molar-refractivity contribution < 1.29 is 4.79 Å². The summed E-state index contributed by atoms with van der Waals surface area (Å²) in [5.74, 6) is -0.413. The zero-order chi connectivity index (χ0) is 17.3. The number of aromatic nitrogens is 2. The van der Waals surface area contributed by atoms with Gasteiger partial charge >= 0.3 is 0 Å². The molecule has 3 rings (SSSR count). The van der Waals surface area contributed by atoms with Crippen molar-refractivity contribution in [2.45, 2.75) is 13.5 Å². The highest BCUT2D eigenvalue weighted by Crippen LogP contribution is 2.29. The van der Waals surface area contributed by atoms with Gasteiger partial charge in [0.15, 0.2) is 0 Å². The largest absolute Gasteiger partial charge is 0.323 e. The van der Waals surface area contributed by atoms with E-state index in [-0.39, 0.29) is 17.1 Å². The van der Waals surface area contributed by atoms with E-state index >= 15 is 0 Å². The van der Waals surface area contributed by atoms with E-state index in [1.807, 2.05) is 12.1 Å². The molecule has 3 aromatic rings. The minimum Gasteiger partial charge on any atom is -0.323 e. The van der Waals surface area contributed by atoms with Gasteiger partial charge in [-0.1, -0.05) is 47.5 Å². The van der Waals surface area contributed by atoms with Crippen LogP contribution in [-0.4, -0.2) is 15.7 Å². The smallest absolute Gasteiger partial charge is 0.275 e. The minimum absolute atomic E-state index is 0.215. The third-order valence-electron chi connectivity index (χ3n) is 3.57. The SMILES string of the molecule is Cc1nn(CC(=O)Nc2cccc(Cl)c2Cl)c(=O)c2ccccc12. The first-order valence-electron chi connectivity index (χ1n) is 7.17. The summed E-state index contributed by atoms with van der Waals surface area (Å²) < 4.78 is 1.14. The maximum Gasteiger partial charge on any atom is 0.275 e. The first-order chi connectivity index (χ1) is 11.5. The number of carbonyl (C=O) groups is 1. The summed E-state index contributed by atoms with van der Waals surface area (Å²) in [6.45, 7) is 1.58. The molecule has 0 atom stereocenters. The molecule has 2 aromatic carbocycles. The third-order valence-corrected chi connectivity index (χ3v) is 4.39. The van der Waals surface area contributed by atoms with Gasteiger partial charge in [-0.25, -0.2) is 4.68 Å². The van der Waals surface area contributed by atoms with E-state index in [9.17, 15) is 9.59 Å². The van der Waals surface area contributed by atoms with Crippen LogP contribution in [-0.2, 0) is 11.3 Å². The molecule has 0 unspecified atom stereocenters. The van der Waals surface area contributed by atoms with E-state index in [1.165, 1.54) is 0 Å². The van der Waals surface area contributed by atoms with Gasteiger partial charge in [-0.15, -0.1) is 0 Å². The summed E-state index contributed by atoms with van der Waals surface area (Å²) in [6.07, 6.45) is 0. The van der Waals surface area contributed by atoms with Crippen molar-refractivity contribution in [1.82, 2.24) is 9.78 Å². The van der Waals surface area contributed by atoms with Gasteiger partial charge in [-0.05, 0) is 25.1 Å². The second-order valence-electron chi connectivity index (χ2n) is 5.24. The Kier molecular flexibility index (Phi) is 4.55. The molecule has 0 radical (unpaired) electrons. The van der Waals surface area contributed by atoms with E-state index in [1.54, 1.807) is 37.3 Å². The molecule has 1 heterocycles. The van der Waals surface area contributed by atoms with Crippen LogP contribution < -0.4 is 10.9 Å². The number of carbonyl (C=O) groups excluding carboxylic acids is 1. The molecule has 0 fully saturated rings. The molecule has 1 aromatic heterocycles. The maximum atomic E-state index is 12.5. The van der Waals surface area contributed by atoms with Crippen molar-refractivity contribution in [2.24, 2.45) is 0 Å². The molecule has 7 heteroatoms. The molecular weight excluding hydrogens is 349 g/mol. The molecule has 5 nitrogen and oxygen atoms in total. The van der Waals surface area contributed by atoms with Gasteiger partial charge in [0.1, 0.15) is 6.54 Å². The highest BCUT2D eigenvalue weighted by atomic mass is 35.5. The number of anilines is 1. The average Bonchev–Trinajstić information content (AvgIpc) is 2.57. The molecule has 0 aliphatic rings. The fourth-order valence-electron chi connectivity index (χ4n) is 2.44. The second kappa shape index (κ2) is 6.63. The molecule has 0 aliphatic carbocycles. The first-order valence-corrected chi connectivity index (χ1v) is 7.93. The fraction of sp³-hybridized carbons (Fsp3) is 0.118. The number of nitrogens with one attached hydrogen (secondary N) is 1. The average molecular weight is 362 g/mol. The molecule has 1 N–H and O–H groups in total. The van der Waals surface area contributed by atoms with Crippen LogP contribution >= 0.6 is 23.2 Å². The normalized spacial score (nSPS) is 10.8. The van der Waals surface area contributed by atoms with E-state index in [2.05, 4.69) is 10.4 Å². The zero-order valence-corrected chi connectivity index (χ0v) is 14.2. The number of halogens is 2. The van der Waals surface area contributed by atoms with Crippen LogP contribution in [0.3, 0.4) is 0 Å². The topological polar surface area (TPSA) is 64.0 Å². The second-order valence-corrected chi connectivity index (χ2v) is 6.03. The Bertz CT molecular complexity index is 999. The van der Waals surface area contributed by atoms with Crippen LogP contribution in [0.2, 0.25) is 10.0 Å². The van der Waals surface area contributed by atoms with Gasteiger partial charge in [-0.3, -0.25) is 9.59 Å². The predicted octanol–water partition coefficient (Wildman–Crippen LogP) is 3.65. The lowest BCUT2D eigenvalue weighted by Crippen LogP contribution is -2.30. The van der Waals surface area contributed by atoms with Crippen molar-refractivity contribution in [3.05, 3.63) is 68.6 Å². The van der Waals surface area contributed by atoms with E-state index in [0.717, 1.165) is 10.1 Å². The van der Waals surface area contributed by atoms with Crippen molar-refractivity contribution in [1.29, 1.82) is 0 Å². The number of aryl methyl sites for hydroxylation is 1. The summed E-state index contributed by atoms with van der Waals surface area (Å²) in [7, 11) is 0. The number of benzene rings is 2. The van der Waals surface area contributed by atoms with E-state index in [4.69, 9.17) is 23.2 Å². The highest BCUT2D eigenvalue weighted by molar-refractivity contribution is 6.43. The maximum absolute atomic E-state index is 12.5. The Labute approximate surface area is 147 Å². The monoisotopic (exact) mass is 361 g/mol. The molecule has 0 saturated heterocycles. The van der Waals surface area contributed by atoms with Gasteiger partial charge in [-0.2, -0.15) is 5.10 Å². The fourth-order valence-corrected chi connectivity index (χ4v) is 2.79. The first kappa shape index (κ1) is 16.5. The van der Waals surface area contributed by atoms with Crippen LogP contribution in [0.4, 0.5) is 5.69 Å². The highest BCUT2D eigenvalue weighted by Gasteiger charge is 2.12. The van der Waals surface area contributed by atoms with E-state index in [0.29, 0.717) is 21.8 Å². The molecule has 24 heavy (non-hydrogen) atoms. The molecule has 0 saturated carbocycles. The van der Waals surface area contributed by atoms with Crippen LogP contribution in [0.1, 0.15) is 5.69 Å². The Morgan fingerprint density at radius 3 is 2.58 bits per heavy atom. The Morgan fingerprint density at radius 2 is 1.83 bits per heavy atom. The van der Waals surface area contributed by atoms with Crippen molar-refractivity contribution in [3.63, 3.8) is 0 Å². The molecule has 1 amide bonds. The summed E-state index contributed by atoms with van der Waals surface area (Å²) in [5.41, 5.74) is 0.752. The number of rotatable bonds is 3. The number of hydrogen-bond donors (Lipinski definition) is 1. The molecule has 0 bridgehead atoms. The predicted molar refractivity (Wildman–Crippen MR) is 95.8 cm³/mol. The van der Waals surface area contributed by atoms with Gasteiger partial charge in [0, 0.05) is 5.39 Å². The molecule has 122 valence electrons. The lowest BCUT2D eigenvalue weighted by Gasteiger charge is -2.10. The molecule has 0 aliphatic heterocycles. The minimum atomic E-state index is -0.413. The summed E-state index contributed by atoms with van der Waals surface area (Å²) in [6, 6.07) is 12.1. The van der Waals surface area contributed by atoms with Crippen LogP contribution in [0.25, 0.3) is 10.8 Å². The van der Waals surface area contributed by atoms with Gasteiger partial charge in [0.2, 0.25) is 5.91 Å². The van der Waals surface area contributed by atoms with Crippen molar-refractivity contribution >= 4 is 45.6 Å². The van der Waals surface area contributed by atoms with Crippen molar-refractivity contribution in [3.8, 4) is 0 Å². The zero-order valence-electron chi connectivity index (χ0n) is 12.7. The van der Waals surface area contributed by atoms with E-state index < -0.39 is 5.91 Å². The number of nitrogens with zero attached hydrogens (tertiary/aromatic N) is 2. The Hall–Kier alpha value is -2.37. The third kappa shape index (κ3) is 3.13. The number of amides is 1. The summed E-state index contributed by atoms with van der Waals surface area (Å²) in [5, 5.41) is 8.74.